The molecule has 5 aromatic carbocycles. The van der Waals surface area contributed by atoms with Gasteiger partial charge in [-0.05, 0) is 196 Å². The van der Waals surface area contributed by atoms with Crippen LogP contribution in [0.4, 0.5) is 4.39 Å². The van der Waals surface area contributed by atoms with Gasteiger partial charge in [-0.1, -0.05) is 102 Å². The molecule has 0 fully saturated rings. The average molecular weight is 1860 g/mol. The fourth-order valence-electron chi connectivity index (χ4n) is 14.1. The van der Waals surface area contributed by atoms with Crippen LogP contribution in [0.3, 0.4) is 0 Å². The fraction of sp³-hybridized carbons (Fsp3) is 0.136. The van der Waals surface area contributed by atoms with E-state index in [2.05, 4.69) is 49.8 Å². The molecule has 126 heavy (non-hydrogen) atoms. The number of rotatable bonds is 17. The lowest BCUT2D eigenvalue weighted by Gasteiger charge is -2.11. The summed E-state index contributed by atoms with van der Waals surface area (Å²) >= 11 is 42.0. The van der Waals surface area contributed by atoms with Crippen LogP contribution in [0.5, 0.6) is 0 Å². The number of furan rings is 5. The lowest BCUT2D eigenvalue weighted by Crippen LogP contribution is -2.05. The van der Waals surface area contributed by atoms with Gasteiger partial charge in [0.25, 0.3) is 0 Å². The number of esters is 5. The minimum absolute atomic E-state index is 0.0142. The maximum atomic E-state index is 13.6. The number of aromatic nitrogens is 10. The van der Waals surface area contributed by atoms with Gasteiger partial charge in [0.2, 0.25) is 26.4 Å². The predicted molar refractivity (Wildman–Crippen MR) is 450 cm³/mol. The van der Waals surface area contributed by atoms with Crippen LogP contribution in [-0.4, -0.2) is 105 Å². The number of sulfone groups is 1. The summed E-state index contributed by atoms with van der Waals surface area (Å²) in [5, 5.41) is 9.63. The number of hydrogen-bond acceptors (Lipinski definition) is 28. The molecular formula is C88H56Cl7FN10O19S. The molecule has 0 amide bonds. The minimum atomic E-state index is -3.27. The second kappa shape index (κ2) is 36.8. The molecule has 29 nitrogen and oxygen atoms in total. The fourth-order valence-corrected chi connectivity index (χ4v) is 15.9. The molecule has 5 aliphatic rings. The third-order valence-electron chi connectivity index (χ3n) is 19.8. The van der Waals surface area contributed by atoms with Crippen LogP contribution >= 0.6 is 81.2 Å². The summed E-state index contributed by atoms with van der Waals surface area (Å²) in [4.78, 5) is 115. The van der Waals surface area contributed by atoms with E-state index in [0.717, 1.165) is 28.5 Å². The van der Waals surface area contributed by atoms with E-state index < -0.39 is 82.0 Å². The highest BCUT2D eigenvalue weighted by Gasteiger charge is 2.43. The molecule has 634 valence electrons. The summed E-state index contributed by atoms with van der Waals surface area (Å²) in [6, 6.07) is 49.5. The van der Waals surface area contributed by atoms with E-state index in [-0.39, 0.29) is 82.0 Å². The van der Waals surface area contributed by atoms with Crippen molar-refractivity contribution >= 4 is 127 Å². The molecular weight excluding hydrogens is 1800 g/mol. The molecule has 0 aliphatic carbocycles. The quantitative estimate of drug-likeness (QED) is 0.0502. The first-order chi connectivity index (χ1) is 60.6. The summed E-state index contributed by atoms with van der Waals surface area (Å²) in [5.74, 6) is -2.09. The first-order valence-corrected chi connectivity index (χ1v) is 42.1. The zero-order chi connectivity index (χ0) is 88.4. The Morgan fingerprint density at radius 1 is 0.357 bits per heavy atom. The van der Waals surface area contributed by atoms with Crippen molar-refractivity contribution in [3.8, 4) is 57.3 Å². The SMILES string of the molecule is CS(=O)(=O)c1ccc(CC2OC(=O)c3c(-c4ccco4)nc(Cl)nc32)cc1.Cc1ccc(CC2OC(=O)c3c(-c4ccco4)nc(Cl)nc32)cc1.O=C(O)c1ccc(CC2OC(=O)c3c(-c4ccco4)nc(Cl)nc32)cc1.O=C1OC(Cc2ccc(Cl)c(F)c2)c2nc(Cl)nc(-c3ccco3)c21.O=C1OC(Cc2ccccc2Cl)c2nc(Cl)nc(-c3ccco3)c21. The summed E-state index contributed by atoms with van der Waals surface area (Å²) in [7, 11) is -3.27. The lowest BCUT2D eigenvalue weighted by atomic mass is 10.0. The molecule has 0 spiro atoms. The smallest absolute Gasteiger partial charge is 0.343 e. The number of aryl methyl sites for hydroxylation is 1. The Kier molecular flexibility index (Phi) is 25.2. The van der Waals surface area contributed by atoms with E-state index in [1.165, 1.54) is 73.3 Å². The first-order valence-electron chi connectivity index (χ1n) is 37.6. The number of hydrogen-bond donors (Lipinski definition) is 1. The van der Waals surface area contributed by atoms with Gasteiger partial charge in [-0.15, -0.1) is 0 Å². The Morgan fingerprint density at radius 2 is 0.643 bits per heavy atom. The van der Waals surface area contributed by atoms with Gasteiger partial charge in [0.15, 0.2) is 38.6 Å². The number of carboxylic acid groups (broad SMARTS) is 1. The van der Waals surface area contributed by atoms with Gasteiger partial charge in [0.1, 0.15) is 121 Å². The molecule has 20 rings (SSSR count). The van der Waals surface area contributed by atoms with Crippen LogP contribution in [0.25, 0.3) is 57.3 Å². The van der Waals surface area contributed by atoms with Crippen LogP contribution in [0, 0.1) is 12.7 Å². The number of fused-ring (bicyclic) bond motifs is 5. The maximum Gasteiger partial charge on any atom is 0.343 e. The zero-order valence-electron chi connectivity index (χ0n) is 64.8. The highest BCUT2D eigenvalue weighted by atomic mass is 35.5. The molecule has 5 unspecified atom stereocenters. The second-order valence-electron chi connectivity index (χ2n) is 28.1. The maximum absolute atomic E-state index is 13.6. The van der Waals surface area contributed by atoms with E-state index in [1.54, 1.807) is 97.1 Å². The van der Waals surface area contributed by atoms with Gasteiger partial charge in [-0.25, -0.2) is 91.4 Å². The number of aromatic carboxylic acids is 1. The van der Waals surface area contributed by atoms with Crippen molar-refractivity contribution in [1.29, 1.82) is 0 Å². The van der Waals surface area contributed by atoms with Gasteiger partial charge in [-0.2, -0.15) is 0 Å². The molecule has 15 heterocycles. The predicted octanol–water partition coefficient (Wildman–Crippen LogP) is 20.1. The third kappa shape index (κ3) is 18.8. The summed E-state index contributed by atoms with van der Waals surface area (Å²) in [6.45, 7) is 2.03. The van der Waals surface area contributed by atoms with Crippen LogP contribution < -0.4 is 0 Å². The molecule has 0 radical (unpaired) electrons. The van der Waals surface area contributed by atoms with E-state index in [4.69, 9.17) is 132 Å². The number of ether oxygens (including phenoxy) is 5. The van der Waals surface area contributed by atoms with Crippen molar-refractivity contribution in [2.45, 2.75) is 74.4 Å². The van der Waals surface area contributed by atoms with Crippen LogP contribution in [0.2, 0.25) is 36.5 Å². The number of carbonyl (C=O) groups is 6. The highest BCUT2D eigenvalue weighted by Crippen LogP contribution is 2.45. The standard InChI is InChI=1S/C18H13ClN2O5S.C18H11ClN2O5.C18H13ClN2O3.C17H9Cl2FN2O3.C17H10Cl2N2O3/c1-27(23,24)11-6-4-10(5-7-11)9-13-16-14(17(22)26-13)15(20-18(19)21-16)12-3-2-8-25-12;19-18-20-14(11-2-1-7-25-11)13-15(21-18)12(26-17(13)24)8-9-3-5-10(6-4-9)16(22)23;1-10-4-6-11(7-5-10)9-13-16-14(17(22)24-13)15(20-18(19)21-16)12-3-2-8-23-12;18-9-4-3-8(6-10(9)20)7-12-15-13(16(23)25-12)14(21-17(19)22-15)11-2-1-5-24-11;18-10-5-2-1-4-9(10)8-12-15-13(16(22)24-12)14(20-17(19)21-15)11-6-3-7-23-11/h2-8,13H,9H2,1H3;1-7,12H,8H2,(H,22,23);2-8,13H,9H2,1H3;1-6,12H,7H2;1-7,12H,8H2. The highest BCUT2D eigenvalue weighted by molar-refractivity contribution is 7.90. The summed E-state index contributed by atoms with van der Waals surface area (Å²) in [5.41, 5.74) is 10.4. The average Bonchev–Trinajstić information content (AvgIpc) is 1.63. The van der Waals surface area contributed by atoms with Crippen LogP contribution in [0.15, 0.2) is 234 Å². The molecule has 0 saturated carbocycles. The van der Waals surface area contributed by atoms with Crippen molar-refractivity contribution in [1.82, 2.24) is 49.8 Å². The first kappa shape index (κ1) is 86.2. The largest absolute Gasteiger partial charge is 0.478 e. The molecule has 5 aliphatic heterocycles. The minimum Gasteiger partial charge on any atom is -0.478 e. The van der Waals surface area contributed by atoms with Gasteiger partial charge in [0, 0.05) is 43.4 Å². The van der Waals surface area contributed by atoms with E-state index in [9.17, 15) is 41.6 Å². The molecule has 1 N–H and O–H groups in total. The third-order valence-corrected chi connectivity index (χ3v) is 22.5. The van der Waals surface area contributed by atoms with Gasteiger partial charge in [-0.3, -0.25) is 0 Å². The topological polar surface area (TPSA) is 398 Å². The van der Waals surface area contributed by atoms with Crippen LogP contribution in [-0.2, 0) is 65.6 Å². The summed E-state index contributed by atoms with van der Waals surface area (Å²) < 4.78 is 90.8. The number of nitrogens with zero attached hydrogens (tertiary/aromatic N) is 10. The van der Waals surface area contributed by atoms with Crippen LogP contribution in [0.1, 0.15) is 155 Å². The Balaban J connectivity index is 0.000000116. The molecule has 15 aromatic rings. The lowest BCUT2D eigenvalue weighted by molar-refractivity contribution is 0.0373. The van der Waals surface area contributed by atoms with Gasteiger partial charge in [0.05, 0.1) is 46.8 Å². The second-order valence-corrected chi connectivity index (χ2v) is 32.6. The number of cyclic esters (lactones) is 5. The molecule has 0 saturated heterocycles. The van der Waals surface area contributed by atoms with Crippen molar-refractivity contribution in [2.75, 3.05) is 6.26 Å². The number of benzene rings is 5. The number of carbonyl (C=O) groups excluding carboxylic acids is 5. The number of carboxylic acids is 1. The monoisotopic (exact) mass is 1850 g/mol. The number of halogens is 8. The molecule has 38 heteroatoms. The van der Waals surface area contributed by atoms with Gasteiger partial charge >= 0.3 is 35.8 Å². The Hall–Kier alpha value is -13.4. The Bertz CT molecular complexity index is 6830. The van der Waals surface area contributed by atoms with Crippen molar-refractivity contribution < 1.29 is 92.5 Å². The summed E-state index contributed by atoms with van der Waals surface area (Å²) in [6.07, 6.45) is 7.37. The van der Waals surface area contributed by atoms with Crippen molar-refractivity contribution in [2.24, 2.45) is 0 Å². The normalized spacial score (nSPS) is 16.0. The van der Waals surface area contributed by atoms with Crippen molar-refractivity contribution in [3.05, 3.63) is 345 Å². The van der Waals surface area contributed by atoms with E-state index in [1.807, 2.05) is 49.4 Å². The van der Waals surface area contributed by atoms with E-state index >= 15 is 0 Å². The van der Waals surface area contributed by atoms with Gasteiger partial charge < -0.3 is 50.9 Å². The molecule has 10 aromatic heterocycles. The molecule has 5 atom stereocenters. The molecule has 0 bridgehead atoms. The van der Waals surface area contributed by atoms with Crippen molar-refractivity contribution in [3.63, 3.8) is 0 Å². The zero-order valence-corrected chi connectivity index (χ0v) is 70.9. The van der Waals surface area contributed by atoms with E-state index in [0.29, 0.717) is 116 Å². The Labute approximate surface area is 746 Å². The Morgan fingerprint density at radius 3 is 0.929 bits per heavy atom.